The van der Waals surface area contributed by atoms with Crippen molar-refractivity contribution in [3.63, 3.8) is 0 Å². The minimum absolute atomic E-state index is 0.0134. The van der Waals surface area contributed by atoms with Crippen molar-refractivity contribution in [2.24, 2.45) is 5.92 Å². The molecule has 0 N–H and O–H groups in total. The molecular weight excluding hydrogens is 329 g/mol. The van der Waals surface area contributed by atoms with E-state index in [4.69, 9.17) is 0 Å². The molecule has 5 heteroatoms. The first-order chi connectivity index (χ1) is 12.5. The van der Waals surface area contributed by atoms with Crippen LogP contribution in [-0.2, 0) is 0 Å². The minimum Gasteiger partial charge on any atom is -0.363 e. The summed E-state index contributed by atoms with van der Waals surface area (Å²) in [7, 11) is 0. The number of carbonyl (C=O) groups excluding carboxylic acids is 1. The number of hydrogen-bond donors (Lipinski definition) is 0. The Balaban J connectivity index is 1.55. The number of fused-ring (bicyclic) bond motifs is 1. The Kier molecular flexibility index (Phi) is 4.17. The zero-order valence-electron chi connectivity index (χ0n) is 15.2. The fourth-order valence-corrected chi connectivity index (χ4v) is 4.75. The monoisotopic (exact) mass is 353 g/mol. The fraction of sp³-hybridized carbons (Fsp3) is 0.429. The molecule has 0 radical (unpaired) electrons. The summed E-state index contributed by atoms with van der Waals surface area (Å²) >= 11 is 0. The van der Waals surface area contributed by atoms with E-state index in [1.54, 1.807) is 18.5 Å². The maximum absolute atomic E-state index is 13.3. The quantitative estimate of drug-likeness (QED) is 0.825. The lowest BCUT2D eigenvalue weighted by molar-refractivity contribution is 0.0667. The van der Waals surface area contributed by atoms with Gasteiger partial charge in [0.15, 0.2) is 0 Å². The van der Waals surface area contributed by atoms with Gasteiger partial charge in [-0.15, -0.1) is 0 Å². The number of benzene rings is 1. The minimum atomic E-state index is -0.209. The molecule has 3 heterocycles. The van der Waals surface area contributed by atoms with Crippen molar-refractivity contribution in [3.05, 3.63) is 60.2 Å². The van der Waals surface area contributed by atoms with Crippen molar-refractivity contribution in [2.75, 3.05) is 18.0 Å². The molecule has 4 rings (SSSR count). The summed E-state index contributed by atoms with van der Waals surface area (Å²) in [5, 5.41) is 0. The number of amides is 1. The van der Waals surface area contributed by atoms with E-state index in [1.807, 2.05) is 23.1 Å². The number of nitrogens with zero attached hydrogens (tertiary/aromatic N) is 3. The number of halogens is 1. The summed E-state index contributed by atoms with van der Waals surface area (Å²) in [5.74, 6) is 0.276. The van der Waals surface area contributed by atoms with E-state index in [0.29, 0.717) is 17.5 Å². The summed E-state index contributed by atoms with van der Waals surface area (Å²) in [4.78, 5) is 21.2. The molecule has 1 aromatic carbocycles. The smallest absolute Gasteiger partial charge is 0.255 e. The standard InChI is InChI=1S/C21H24FN3O/c1-21(2)12-16-14-24(20(26)15-4-3-10-23-13-15)11-9-19(16)25(21)18-7-5-17(22)6-8-18/h3-8,10,13,16,19H,9,11-12,14H2,1-2H3/t16-,19+/m1/s1. The zero-order chi connectivity index (χ0) is 18.3. The molecule has 0 unspecified atom stereocenters. The Bertz CT molecular complexity index is 791. The predicted octanol–water partition coefficient (Wildman–Crippen LogP) is 3.74. The van der Waals surface area contributed by atoms with Crippen molar-refractivity contribution in [1.82, 2.24) is 9.88 Å². The average molecular weight is 353 g/mol. The van der Waals surface area contributed by atoms with Crippen LogP contribution in [-0.4, -0.2) is 40.5 Å². The molecule has 2 aromatic rings. The van der Waals surface area contributed by atoms with Gasteiger partial charge in [0, 0.05) is 42.8 Å². The van der Waals surface area contributed by atoms with Gasteiger partial charge in [-0.1, -0.05) is 0 Å². The SMILES string of the molecule is CC1(C)C[C@@H]2CN(C(=O)c3cccnc3)CC[C@@H]2N1c1ccc(F)cc1. The van der Waals surface area contributed by atoms with Gasteiger partial charge in [-0.25, -0.2) is 4.39 Å². The molecule has 1 amide bonds. The molecule has 136 valence electrons. The summed E-state index contributed by atoms with van der Waals surface area (Å²) in [6, 6.07) is 10.8. The van der Waals surface area contributed by atoms with Crippen LogP contribution in [0.2, 0.25) is 0 Å². The number of rotatable bonds is 2. The van der Waals surface area contributed by atoms with E-state index in [9.17, 15) is 9.18 Å². The first-order valence-electron chi connectivity index (χ1n) is 9.20. The van der Waals surface area contributed by atoms with E-state index >= 15 is 0 Å². The van der Waals surface area contributed by atoms with Gasteiger partial charge in [0.05, 0.1) is 5.56 Å². The van der Waals surface area contributed by atoms with Crippen LogP contribution in [0.25, 0.3) is 0 Å². The van der Waals surface area contributed by atoms with Crippen LogP contribution in [0, 0.1) is 11.7 Å². The number of pyridine rings is 1. The Hall–Kier alpha value is -2.43. The van der Waals surface area contributed by atoms with Crippen LogP contribution >= 0.6 is 0 Å². The van der Waals surface area contributed by atoms with Gasteiger partial charge in [0.25, 0.3) is 5.91 Å². The molecule has 2 saturated heterocycles. The summed E-state index contributed by atoms with van der Waals surface area (Å²) in [5.41, 5.74) is 1.70. The second-order valence-electron chi connectivity index (χ2n) is 7.97. The average Bonchev–Trinajstić information content (AvgIpc) is 2.91. The molecule has 0 bridgehead atoms. The van der Waals surface area contributed by atoms with Gasteiger partial charge in [-0.3, -0.25) is 9.78 Å². The second-order valence-corrected chi connectivity index (χ2v) is 7.97. The van der Waals surface area contributed by atoms with Crippen molar-refractivity contribution in [3.8, 4) is 0 Å². The highest BCUT2D eigenvalue weighted by molar-refractivity contribution is 5.94. The topological polar surface area (TPSA) is 36.4 Å². The first-order valence-corrected chi connectivity index (χ1v) is 9.20. The van der Waals surface area contributed by atoms with Crippen LogP contribution in [0.3, 0.4) is 0 Å². The molecule has 2 atom stereocenters. The van der Waals surface area contributed by atoms with Crippen molar-refractivity contribution in [2.45, 2.75) is 38.3 Å². The van der Waals surface area contributed by atoms with Gasteiger partial charge < -0.3 is 9.80 Å². The van der Waals surface area contributed by atoms with E-state index in [1.165, 1.54) is 12.1 Å². The van der Waals surface area contributed by atoms with Crippen LogP contribution in [0.1, 0.15) is 37.0 Å². The van der Waals surface area contributed by atoms with Gasteiger partial charge in [-0.05, 0) is 69.0 Å². The van der Waals surface area contributed by atoms with E-state index in [2.05, 4.69) is 23.7 Å². The summed E-state index contributed by atoms with van der Waals surface area (Å²) < 4.78 is 13.3. The van der Waals surface area contributed by atoms with Crippen LogP contribution in [0.4, 0.5) is 10.1 Å². The van der Waals surface area contributed by atoms with Crippen molar-refractivity contribution >= 4 is 11.6 Å². The maximum atomic E-state index is 13.3. The highest BCUT2D eigenvalue weighted by atomic mass is 19.1. The molecule has 2 aliphatic heterocycles. The molecule has 0 aliphatic carbocycles. The van der Waals surface area contributed by atoms with Gasteiger partial charge >= 0.3 is 0 Å². The third kappa shape index (κ3) is 2.96. The van der Waals surface area contributed by atoms with E-state index in [-0.39, 0.29) is 17.3 Å². The number of anilines is 1. The lowest BCUT2D eigenvalue weighted by Gasteiger charge is -2.41. The maximum Gasteiger partial charge on any atom is 0.255 e. The molecule has 0 saturated carbocycles. The third-order valence-electron chi connectivity index (χ3n) is 5.74. The molecule has 0 spiro atoms. The zero-order valence-corrected chi connectivity index (χ0v) is 15.2. The highest BCUT2D eigenvalue weighted by Gasteiger charge is 2.48. The molecule has 2 aliphatic rings. The largest absolute Gasteiger partial charge is 0.363 e. The predicted molar refractivity (Wildman–Crippen MR) is 99.6 cm³/mol. The number of aromatic nitrogens is 1. The molecule has 26 heavy (non-hydrogen) atoms. The Morgan fingerprint density at radius 1 is 1.23 bits per heavy atom. The van der Waals surface area contributed by atoms with E-state index in [0.717, 1.165) is 31.6 Å². The van der Waals surface area contributed by atoms with Crippen molar-refractivity contribution < 1.29 is 9.18 Å². The van der Waals surface area contributed by atoms with Gasteiger partial charge in [0.2, 0.25) is 0 Å². The number of hydrogen-bond acceptors (Lipinski definition) is 3. The van der Waals surface area contributed by atoms with Crippen LogP contribution < -0.4 is 4.90 Å². The Labute approximate surface area is 153 Å². The normalized spacial score (nSPS) is 24.4. The third-order valence-corrected chi connectivity index (χ3v) is 5.74. The number of piperidine rings is 1. The molecule has 4 nitrogen and oxygen atoms in total. The van der Waals surface area contributed by atoms with Gasteiger partial charge in [0.1, 0.15) is 5.82 Å². The first kappa shape index (κ1) is 17.0. The summed E-state index contributed by atoms with van der Waals surface area (Å²) in [6.07, 6.45) is 5.27. The highest BCUT2D eigenvalue weighted by Crippen LogP contribution is 2.44. The van der Waals surface area contributed by atoms with Crippen LogP contribution in [0.15, 0.2) is 48.8 Å². The molecule has 1 aromatic heterocycles. The lowest BCUT2D eigenvalue weighted by atomic mass is 9.89. The lowest BCUT2D eigenvalue weighted by Crippen LogP contribution is -2.50. The fourth-order valence-electron chi connectivity index (χ4n) is 4.75. The summed E-state index contributed by atoms with van der Waals surface area (Å²) in [6.45, 7) is 5.98. The molecular formula is C21H24FN3O. The van der Waals surface area contributed by atoms with Crippen molar-refractivity contribution in [1.29, 1.82) is 0 Å². The number of likely N-dealkylation sites (tertiary alicyclic amines) is 1. The molecule has 2 fully saturated rings. The van der Waals surface area contributed by atoms with Crippen LogP contribution in [0.5, 0.6) is 0 Å². The number of carbonyl (C=O) groups is 1. The Morgan fingerprint density at radius 3 is 2.69 bits per heavy atom. The van der Waals surface area contributed by atoms with Gasteiger partial charge in [-0.2, -0.15) is 0 Å². The van der Waals surface area contributed by atoms with E-state index < -0.39 is 0 Å². The Morgan fingerprint density at radius 2 is 2.00 bits per heavy atom. The second kappa shape index (κ2) is 6.38.